The Kier molecular flexibility index (Phi) is 4.80. The van der Waals surface area contributed by atoms with Crippen molar-refractivity contribution in [1.82, 2.24) is 15.3 Å². The fraction of sp³-hybridized carbons (Fsp3) is 0.500. The average molecular weight is 267 g/mol. The quantitative estimate of drug-likeness (QED) is 0.843. The smallest absolute Gasteiger partial charge is 0.408 e. The molecule has 7 nitrogen and oxygen atoms in total. The van der Waals surface area contributed by atoms with Gasteiger partial charge in [0.2, 0.25) is 0 Å². The van der Waals surface area contributed by atoms with Gasteiger partial charge >= 0.3 is 12.1 Å². The third-order valence-electron chi connectivity index (χ3n) is 2.02. The topological polar surface area (TPSA) is 101 Å². The minimum absolute atomic E-state index is 0.0441. The maximum absolute atomic E-state index is 11.5. The van der Waals surface area contributed by atoms with E-state index >= 15 is 0 Å². The summed E-state index contributed by atoms with van der Waals surface area (Å²) in [6.45, 7) is 5.10. The molecule has 104 valence electrons. The standard InChI is InChI=1S/C12H17N3O4/c1-12(2,3)19-11(18)15-9(10(16)17)6-8-7-13-4-5-14-8/h4-5,7,9H,6H2,1-3H3,(H,15,18)(H,16,17)/t9-/m0/s1. The zero-order valence-corrected chi connectivity index (χ0v) is 11.1. The average Bonchev–Trinajstić information content (AvgIpc) is 2.26. The van der Waals surface area contributed by atoms with Crippen molar-refractivity contribution in [3.05, 3.63) is 24.3 Å². The molecule has 19 heavy (non-hydrogen) atoms. The number of amides is 1. The van der Waals surface area contributed by atoms with Gasteiger partial charge in [0.1, 0.15) is 11.6 Å². The molecule has 0 aliphatic carbocycles. The molecule has 1 aromatic rings. The number of carboxylic acid groups (broad SMARTS) is 1. The highest BCUT2D eigenvalue weighted by Crippen LogP contribution is 2.07. The van der Waals surface area contributed by atoms with E-state index in [9.17, 15) is 9.59 Å². The maximum Gasteiger partial charge on any atom is 0.408 e. The number of aliphatic carboxylic acids is 1. The number of carboxylic acids is 1. The van der Waals surface area contributed by atoms with Gasteiger partial charge in [-0.25, -0.2) is 9.59 Å². The van der Waals surface area contributed by atoms with E-state index in [1.165, 1.54) is 18.6 Å². The highest BCUT2D eigenvalue weighted by Gasteiger charge is 2.24. The lowest BCUT2D eigenvalue weighted by atomic mass is 10.1. The van der Waals surface area contributed by atoms with E-state index in [1.54, 1.807) is 20.8 Å². The summed E-state index contributed by atoms with van der Waals surface area (Å²) in [6, 6.07) is -1.11. The fourth-order valence-corrected chi connectivity index (χ4v) is 1.29. The molecule has 0 saturated heterocycles. The van der Waals surface area contributed by atoms with Gasteiger partial charge in [0.05, 0.1) is 5.69 Å². The van der Waals surface area contributed by atoms with Crippen molar-refractivity contribution < 1.29 is 19.4 Å². The molecule has 0 unspecified atom stereocenters. The van der Waals surface area contributed by atoms with E-state index in [4.69, 9.17) is 9.84 Å². The first kappa shape index (κ1) is 14.9. The lowest BCUT2D eigenvalue weighted by Gasteiger charge is -2.21. The minimum atomic E-state index is -1.16. The molecule has 0 spiro atoms. The molecule has 1 heterocycles. The highest BCUT2D eigenvalue weighted by atomic mass is 16.6. The summed E-state index contributed by atoms with van der Waals surface area (Å²) in [4.78, 5) is 30.4. The van der Waals surface area contributed by atoms with Crippen LogP contribution in [0.1, 0.15) is 26.5 Å². The Hall–Kier alpha value is -2.18. The molecule has 1 rings (SSSR count). The van der Waals surface area contributed by atoms with Crippen LogP contribution in [0.3, 0.4) is 0 Å². The van der Waals surface area contributed by atoms with Gasteiger partial charge in [0.15, 0.2) is 0 Å². The highest BCUT2D eigenvalue weighted by molar-refractivity contribution is 5.80. The molecule has 7 heteroatoms. The molecule has 1 amide bonds. The third kappa shape index (κ3) is 5.80. The van der Waals surface area contributed by atoms with Crippen molar-refractivity contribution >= 4 is 12.1 Å². The summed E-state index contributed by atoms with van der Waals surface area (Å²) in [5.74, 6) is -1.16. The van der Waals surface area contributed by atoms with Crippen molar-refractivity contribution in [2.24, 2.45) is 0 Å². The summed E-state index contributed by atoms with van der Waals surface area (Å²) >= 11 is 0. The van der Waals surface area contributed by atoms with Gasteiger partial charge in [-0.2, -0.15) is 0 Å². The van der Waals surface area contributed by atoms with Gasteiger partial charge < -0.3 is 15.2 Å². The van der Waals surface area contributed by atoms with E-state index in [0.717, 1.165) is 0 Å². The molecule has 1 aromatic heterocycles. The number of rotatable bonds is 4. The van der Waals surface area contributed by atoms with Crippen LogP contribution < -0.4 is 5.32 Å². The Morgan fingerprint density at radius 1 is 1.42 bits per heavy atom. The number of carbonyl (C=O) groups excluding carboxylic acids is 1. The van der Waals surface area contributed by atoms with Gasteiger partial charge in [0, 0.05) is 25.0 Å². The predicted molar refractivity (Wildman–Crippen MR) is 66.5 cm³/mol. The number of nitrogens with one attached hydrogen (secondary N) is 1. The van der Waals surface area contributed by atoms with Crippen LogP contribution in [0.4, 0.5) is 4.79 Å². The lowest BCUT2D eigenvalue weighted by Crippen LogP contribution is -2.44. The normalized spacial score (nSPS) is 12.6. The van der Waals surface area contributed by atoms with Crippen LogP contribution in [0.5, 0.6) is 0 Å². The molecule has 0 saturated carbocycles. The number of alkyl carbamates (subject to hydrolysis) is 1. The molecule has 0 aromatic carbocycles. The van der Waals surface area contributed by atoms with E-state index in [1.807, 2.05) is 0 Å². The van der Waals surface area contributed by atoms with E-state index in [0.29, 0.717) is 5.69 Å². The molecule has 2 N–H and O–H groups in total. The summed E-state index contributed by atoms with van der Waals surface area (Å²) < 4.78 is 5.01. The number of ether oxygens (including phenoxy) is 1. The van der Waals surface area contributed by atoms with E-state index < -0.39 is 23.7 Å². The van der Waals surface area contributed by atoms with Crippen molar-refractivity contribution in [3.63, 3.8) is 0 Å². The zero-order valence-electron chi connectivity index (χ0n) is 11.1. The second kappa shape index (κ2) is 6.12. The molecular formula is C12H17N3O4. The number of carbonyl (C=O) groups is 2. The van der Waals surface area contributed by atoms with Gasteiger partial charge in [-0.3, -0.25) is 9.97 Å². The summed E-state index contributed by atoms with van der Waals surface area (Å²) in [7, 11) is 0. The van der Waals surface area contributed by atoms with Crippen LogP contribution in [-0.4, -0.2) is 38.8 Å². The Labute approximate surface area is 111 Å². The summed E-state index contributed by atoms with van der Waals surface area (Å²) in [5, 5.41) is 11.4. The number of aromatic nitrogens is 2. The molecule has 0 bridgehead atoms. The number of nitrogens with zero attached hydrogens (tertiary/aromatic N) is 2. The van der Waals surface area contributed by atoms with Gasteiger partial charge in [-0.1, -0.05) is 0 Å². The SMILES string of the molecule is CC(C)(C)OC(=O)N[C@@H](Cc1cnccn1)C(=O)O. The fourth-order valence-electron chi connectivity index (χ4n) is 1.29. The molecule has 1 atom stereocenters. The predicted octanol–water partition coefficient (Wildman–Crippen LogP) is 0.997. The first-order valence-corrected chi connectivity index (χ1v) is 5.75. The Bertz CT molecular complexity index is 442. The Morgan fingerprint density at radius 2 is 2.11 bits per heavy atom. The van der Waals surface area contributed by atoms with Crippen LogP contribution in [0.2, 0.25) is 0 Å². The minimum Gasteiger partial charge on any atom is -0.480 e. The largest absolute Gasteiger partial charge is 0.480 e. The molecule has 0 fully saturated rings. The lowest BCUT2D eigenvalue weighted by molar-refractivity contribution is -0.139. The van der Waals surface area contributed by atoms with Crippen LogP contribution in [0.25, 0.3) is 0 Å². The van der Waals surface area contributed by atoms with Crippen molar-refractivity contribution in [1.29, 1.82) is 0 Å². The maximum atomic E-state index is 11.5. The van der Waals surface area contributed by atoms with Crippen molar-refractivity contribution in [2.75, 3.05) is 0 Å². The van der Waals surface area contributed by atoms with Crippen LogP contribution in [-0.2, 0) is 16.0 Å². The Balaban J connectivity index is 2.64. The summed E-state index contributed by atoms with van der Waals surface area (Å²) in [5.41, 5.74) is -0.203. The molecule has 0 aliphatic rings. The van der Waals surface area contributed by atoms with E-state index in [2.05, 4.69) is 15.3 Å². The Morgan fingerprint density at radius 3 is 2.58 bits per heavy atom. The molecule has 0 aliphatic heterocycles. The van der Waals surface area contributed by atoms with Crippen LogP contribution in [0.15, 0.2) is 18.6 Å². The number of hydrogen-bond acceptors (Lipinski definition) is 5. The van der Waals surface area contributed by atoms with Crippen LogP contribution >= 0.6 is 0 Å². The van der Waals surface area contributed by atoms with E-state index in [-0.39, 0.29) is 6.42 Å². The first-order chi connectivity index (χ1) is 8.78. The van der Waals surface area contributed by atoms with Gasteiger partial charge in [-0.05, 0) is 20.8 Å². The monoisotopic (exact) mass is 267 g/mol. The molecular weight excluding hydrogens is 250 g/mol. The third-order valence-corrected chi connectivity index (χ3v) is 2.02. The van der Waals surface area contributed by atoms with Crippen molar-refractivity contribution in [2.45, 2.75) is 38.8 Å². The van der Waals surface area contributed by atoms with Crippen LogP contribution in [0, 0.1) is 0 Å². The van der Waals surface area contributed by atoms with Gasteiger partial charge in [-0.15, -0.1) is 0 Å². The van der Waals surface area contributed by atoms with Crippen molar-refractivity contribution in [3.8, 4) is 0 Å². The zero-order chi connectivity index (χ0) is 14.5. The second-order valence-electron chi connectivity index (χ2n) is 4.94. The summed E-state index contributed by atoms with van der Waals surface area (Å²) in [6.07, 6.45) is 3.67. The second-order valence-corrected chi connectivity index (χ2v) is 4.94. The first-order valence-electron chi connectivity index (χ1n) is 5.75. The number of hydrogen-bond donors (Lipinski definition) is 2. The van der Waals surface area contributed by atoms with Gasteiger partial charge in [0.25, 0.3) is 0 Å². The molecule has 0 radical (unpaired) electrons.